The van der Waals surface area contributed by atoms with Crippen LogP contribution in [0.3, 0.4) is 0 Å². The number of hydrazone groups is 1. The molecule has 0 aromatic carbocycles. The minimum Gasteiger partial charge on any atom is -0.462 e. The maximum atomic E-state index is 10.5. The van der Waals surface area contributed by atoms with Gasteiger partial charge in [0.15, 0.2) is 0 Å². The summed E-state index contributed by atoms with van der Waals surface area (Å²) in [6.45, 7) is 0. The van der Waals surface area contributed by atoms with Gasteiger partial charge in [-0.2, -0.15) is 5.10 Å². The number of carbonyl (C=O) groups is 1. The second kappa shape index (κ2) is 4.66. The zero-order valence-corrected chi connectivity index (χ0v) is 8.37. The summed E-state index contributed by atoms with van der Waals surface area (Å²) in [6.07, 6.45) is 2.25. The van der Waals surface area contributed by atoms with Crippen LogP contribution < -0.4 is 5.43 Å². The van der Waals surface area contributed by atoms with Gasteiger partial charge in [-0.3, -0.25) is 0 Å². The Morgan fingerprint density at radius 2 is 2.62 bits per heavy atom. The lowest BCUT2D eigenvalue weighted by atomic mass is 10.5. The fourth-order valence-electron chi connectivity index (χ4n) is 0.590. The number of rotatable bonds is 2. The average Bonchev–Trinajstić information content (AvgIpc) is 2.51. The van der Waals surface area contributed by atoms with Crippen LogP contribution in [0.15, 0.2) is 26.3 Å². The highest BCUT2D eigenvalue weighted by Gasteiger charge is 1.96. The molecule has 1 amide bonds. The largest absolute Gasteiger partial charge is 0.462 e. The summed E-state index contributed by atoms with van der Waals surface area (Å²) in [5.74, 6) is 0.531. The molecule has 0 atom stereocenters. The van der Waals surface area contributed by atoms with E-state index in [1.807, 2.05) is 0 Å². The summed E-state index contributed by atoms with van der Waals surface area (Å²) in [5, 5.41) is 3.56. The number of hydrogen-bond donors (Lipinski definition) is 1. The van der Waals surface area contributed by atoms with E-state index in [-0.39, 0.29) is 0 Å². The molecule has 6 heteroatoms. The molecule has 0 unspecified atom stereocenters. The van der Waals surface area contributed by atoms with Crippen molar-refractivity contribution in [2.75, 3.05) is 7.11 Å². The molecule has 0 saturated heterocycles. The molecule has 0 spiro atoms. The molecule has 0 aliphatic rings. The minimum atomic E-state index is -0.623. The van der Waals surface area contributed by atoms with Gasteiger partial charge in [-0.05, 0) is 22.0 Å². The Morgan fingerprint density at radius 3 is 3.15 bits per heavy atom. The molecule has 0 fully saturated rings. The SMILES string of the molecule is COC(=O)N/N=C/c1cc(Br)co1. The van der Waals surface area contributed by atoms with Crippen molar-refractivity contribution in [2.24, 2.45) is 5.10 Å². The van der Waals surface area contributed by atoms with Gasteiger partial charge in [0.25, 0.3) is 0 Å². The van der Waals surface area contributed by atoms with E-state index in [1.165, 1.54) is 19.6 Å². The number of ether oxygens (including phenoxy) is 1. The van der Waals surface area contributed by atoms with E-state index in [2.05, 4.69) is 31.2 Å². The minimum absolute atomic E-state index is 0.531. The van der Waals surface area contributed by atoms with Crippen LogP contribution in [0, 0.1) is 0 Å². The van der Waals surface area contributed by atoms with Gasteiger partial charge in [-0.25, -0.2) is 10.2 Å². The molecule has 5 nitrogen and oxygen atoms in total. The Hall–Kier alpha value is -1.30. The highest BCUT2D eigenvalue weighted by molar-refractivity contribution is 9.10. The van der Waals surface area contributed by atoms with Crippen LogP contribution in [-0.2, 0) is 4.74 Å². The van der Waals surface area contributed by atoms with Crippen LogP contribution in [0.5, 0.6) is 0 Å². The number of nitrogens with zero attached hydrogens (tertiary/aromatic N) is 1. The summed E-state index contributed by atoms with van der Waals surface area (Å²) in [4.78, 5) is 10.5. The lowest BCUT2D eigenvalue weighted by Gasteiger charge is -1.93. The Labute approximate surface area is 82.9 Å². The van der Waals surface area contributed by atoms with Crippen molar-refractivity contribution in [3.8, 4) is 0 Å². The number of methoxy groups -OCH3 is 1. The number of halogens is 1. The van der Waals surface area contributed by atoms with Crippen LogP contribution in [-0.4, -0.2) is 19.4 Å². The van der Waals surface area contributed by atoms with E-state index in [9.17, 15) is 4.79 Å². The van der Waals surface area contributed by atoms with Crippen molar-refractivity contribution in [2.45, 2.75) is 0 Å². The summed E-state index contributed by atoms with van der Waals surface area (Å²) >= 11 is 3.20. The monoisotopic (exact) mass is 246 g/mol. The highest BCUT2D eigenvalue weighted by Crippen LogP contribution is 2.11. The van der Waals surface area contributed by atoms with Crippen LogP contribution in [0.1, 0.15) is 5.76 Å². The third-order valence-corrected chi connectivity index (χ3v) is 1.54. The quantitative estimate of drug-likeness (QED) is 0.639. The summed E-state index contributed by atoms with van der Waals surface area (Å²) in [7, 11) is 1.26. The highest BCUT2D eigenvalue weighted by atomic mass is 79.9. The fraction of sp³-hybridized carbons (Fsp3) is 0.143. The van der Waals surface area contributed by atoms with E-state index < -0.39 is 6.09 Å². The van der Waals surface area contributed by atoms with Gasteiger partial charge in [-0.1, -0.05) is 0 Å². The maximum Gasteiger partial charge on any atom is 0.427 e. The third kappa shape index (κ3) is 3.29. The second-order valence-corrected chi connectivity index (χ2v) is 2.94. The van der Waals surface area contributed by atoms with Gasteiger partial charge in [0.2, 0.25) is 0 Å². The number of carbonyl (C=O) groups excluding carboxylic acids is 1. The summed E-state index contributed by atoms with van der Waals surface area (Å²) in [6, 6.07) is 1.71. The number of furan rings is 1. The Balaban J connectivity index is 2.45. The molecule has 1 rings (SSSR count). The van der Waals surface area contributed by atoms with E-state index in [0.29, 0.717) is 5.76 Å². The number of nitrogens with one attached hydrogen (secondary N) is 1. The van der Waals surface area contributed by atoms with Crippen LogP contribution in [0.4, 0.5) is 4.79 Å². The van der Waals surface area contributed by atoms with Gasteiger partial charge in [0, 0.05) is 0 Å². The van der Waals surface area contributed by atoms with Gasteiger partial charge >= 0.3 is 6.09 Å². The molecule has 13 heavy (non-hydrogen) atoms. The Morgan fingerprint density at radius 1 is 1.85 bits per heavy atom. The molecule has 0 radical (unpaired) electrons. The normalized spacial score (nSPS) is 10.3. The molecule has 0 bridgehead atoms. The molecule has 70 valence electrons. The molecule has 1 N–H and O–H groups in total. The van der Waals surface area contributed by atoms with Crippen molar-refractivity contribution >= 4 is 28.2 Å². The van der Waals surface area contributed by atoms with Crippen LogP contribution in [0.25, 0.3) is 0 Å². The van der Waals surface area contributed by atoms with E-state index in [1.54, 1.807) is 6.07 Å². The number of amides is 1. The smallest absolute Gasteiger partial charge is 0.427 e. The predicted octanol–water partition coefficient (Wildman–Crippen LogP) is 1.73. The lowest BCUT2D eigenvalue weighted by Crippen LogP contribution is -2.16. The molecule has 1 heterocycles. The molecule has 0 aliphatic heterocycles. The molecular weight excluding hydrogens is 240 g/mol. The van der Waals surface area contributed by atoms with Crippen molar-refractivity contribution < 1.29 is 13.9 Å². The van der Waals surface area contributed by atoms with Gasteiger partial charge < -0.3 is 9.15 Å². The van der Waals surface area contributed by atoms with E-state index in [0.717, 1.165) is 4.47 Å². The van der Waals surface area contributed by atoms with Crippen molar-refractivity contribution in [3.63, 3.8) is 0 Å². The first-order chi connectivity index (χ1) is 6.22. The Kier molecular flexibility index (Phi) is 3.51. The van der Waals surface area contributed by atoms with E-state index >= 15 is 0 Å². The zero-order chi connectivity index (χ0) is 9.68. The zero-order valence-electron chi connectivity index (χ0n) is 6.78. The first-order valence-electron chi connectivity index (χ1n) is 3.33. The summed E-state index contributed by atoms with van der Waals surface area (Å²) in [5.41, 5.74) is 2.12. The summed E-state index contributed by atoms with van der Waals surface area (Å²) < 4.78 is 10.1. The first kappa shape index (κ1) is 9.79. The van der Waals surface area contributed by atoms with Crippen molar-refractivity contribution in [1.29, 1.82) is 0 Å². The molecule has 1 aromatic rings. The Bertz CT molecular complexity index is 321. The standard InChI is InChI=1S/C7H7BrN2O3/c1-12-7(11)10-9-3-6-2-5(8)4-13-6/h2-4H,1H3,(H,10,11)/b9-3+. The number of hydrogen-bond acceptors (Lipinski definition) is 4. The second-order valence-electron chi connectivity index (χ2n) is 2.03. The molecule has 1 aromatic heterocycles. The predicted molar refractivity (Wildman–Crippen MR) is 49.5 cm³/mol. The third-order valence-electron chi connectivity index (χ3n) is 1.12. The fourth-order valence-corrected chi connectivity index (χ4v) is 0.909. The van der Waals surface area contributed by atoms with Crippen LogP contribution >= 0.6 is 15.9 Å². The van der Waals surface area contributed by atoms with Crippen molar-refractivity contribution in [1.82, 2.24) is 5.43 Å². The van der Waals surface area contributed by atoms with Crippen molar-refractivity contribution in [3.05, 3.63) is 22.6 Å². The van der Waals surface area contributed by atoms with Gasteiger partial charge in [0.1, 0.15) is 12.0 Å². The van der Waals surface area contributed by atoms with Gasteiger partial charge in [0.05, 0.1) is 17.8 Å². The topological polar surface area (TPSA) is 63.8 Å². The maximum absolute atomic E-state index is 10.5. The lowest BCUT2D eigenvalue weighted by molar-refractivity contribution is 0.171. The van der Waals surface area contributed by atoms with Gasteiger partial charge in [-0.15, -0.1) is 0 Å². The van der Waals surface area contributed by atoms with Crippen LogP contribution in [0.2, 0.25) is 0 Å². The van der Waals surface area contributed by atoms with E-state index in [4.69, 9.17) is 4.42 Å². The molecule has 0 saturated carbocycles. The first-order valence-corrected chi connectivity index (χ1v) is 4.12. The molecular formula is C7H7BrN2O3. The average molecular weight is 247 g/mol. The molecule has 0 aliphatic carbocycles.